The maximum atomic E-state index is 11.9. The number of halogens is 2. The lowest BCUT2D eigenvalue weighted by Crippen LogP contribution is -2.14. The third-order valence-electron chi connectivity index (χ3n) is 2.30. The molecule has 1 aromatic rings. The molecule has 1 aromatic carbocycles. The zero-order valence-corrected chi connectivity index (χ0v) is 9.83. The fourth-order valence-corrected chi connectivity index (χ4v) is 1.46. The van der Waals surface area contributed by atoms with Gasteiger partial charge in [0.15, 0.2) is 0 Å². The molecule has 4 heteroatoms. The SMILES string of the molecule is C=CCCC(C)Nc1ccc(OC(F)F)cc1. The minimum absolute atomic E-state index is 0.171. The second-order valence-electron chi connectivity index (χ2n) is 3.81. The van der Waals surface area contributed by atoms with Gasteiger partial charge in [-0.3, -0.25) is 0 Å². The van der Waals surface area contributed by atoms with Crippen LogP contribution in [-0.2, 0) is 0 Å². The first-order valence-electron chi connectivity index (χ1n) is 5.54. The highest BCUT2D eigenvalue weighted by Crippen LogP contribution is 2.18. The Labute approximate surface area is 100 Å². The van der Waals surface area contributed by atoms with E-state index in [9.17, 15) is 8.78 Å². The van der Waals surface area contributed by atoms with Crippen LogP contribution in [0.4, 0.5) is 14.5 Å². The normalized spacial score (nSPS) is 12.2. The number of benzene rings is 1. The van der Waals surface area contributed by atoms with Crippen molar-refractivity contribution in [1.82, 2.24) is 0 Å². The number of alkyl halides is 2. The van der Waals surface area contributed by atoms with Crippen molar-refractivity contribution >= 4 is 5.69 Å². The molecule has 2 nitrogen and oxygen atoms in total. The smallest absolute Gasteiger partial charge is 0.387 e. The Balaban J connectivity index is 2.47. The fraction of sp³-hybridized carbons (Fsp3) is 0.385. The van der Waals surface area contributed by atoms with E-state index in [1.807, 2.05) is 6.08 Å². The molecular weight excluding hydrogens is 224 g/mol. The van der Waals surface area contributed by atoms with Crippen molar-refractivity contribution in [2.75, 3.05) is 5.32 Å². The summed E-state index contributed by atoms with van der Waals surface area (Å²) in [6.07, 6.45) is 3.80. The molecule has 1 unspecified atom stereocenters. The van der Waals surface area contributed by atoms with Crippen LogP contribution in [0.5, 0.6) is 5.75 Å². The summed E-state index contributed by atoms with van der Waals surface area (Å²) in [5.41, 5.74) is 0.892. The molecule has 0 heterocycles. The lowest BCUT2D eigenvalue weighted by atomic mass is 10.1. The number of allylic oxidation sites excluding steroid dienone is 1. The predicted molar refractivity (Wildman–Crippen MR) is 65.6 cm³/mol. The van der Waals surface area contributed by atoms with Crippen LogP contribution in [0.1, 0.15) is 19.8 Å². The predicted octanol–water partition coefficient (Wildman–Crippen LogP) is 4.05. The van der Waals surface area contributed by atoms with Crippen molar-refractivity contribution in [2.24, 2.45) is 0 Å². The zero-order valence-electron chi connectivity index (χ0n) is 9.83. The number of hydrogen-bond acceptors (Lipinski definition) is 2. The molecule has 1 atom stereocenters. The first-order valence-corrected chi connectivity index (χ1v) is 5.54. The van der Waals surface area contributed by atoms with Gasteiger partial charge in [0, 0.05) is 11.7 Å². The van der Waals surface area contributed by atoms with Gasteiger partial charge in [-0.2, -0.15) is 8.78 Å². The summed E-state index contributed by atoms with van der Waals surface area (Å²) in [5.74, 6) is 0.171. The highest BCUT2D eigenvalue weighted by Gasteiger charge is 2.04. The van der Waals surface area contributed by atoms with Crippen molar-refractivity contribution < 1.29 is 13.5 Å². The van der Waals surface area contributed by atoms with Crippen LogP contribution >= 0.6 is 0 Å². The standard InChI is InChI=1S/C13H17F2NO/c1-3-4-5-10(2)16-11-6-8-12(9-7-11)17-13(14)15/h3,6-10,13,16H,1,4-5H2,2H3. The maximum Gasteiger partial charge on any atom is 0.387 e. The van der Waals surface area contributed by atoms with E-state index in [0.29, 0.717) is 6.04 Å². The Morgan fingerprint density at radius 3 is 2.53 bits per heavy atom. The summed E-state index contributed by atoms with van der Waals surface area (Å²) in [6.45, 7) is 2.95. The molecule has 17 heavy (non-hydrogen) atoms. The first kappa shape index (κ1) is 13.5. The number of rotatable bonds is 7. The quantitative estimate of drug-likeness (QED) is 0.727. The molecule has 1 N–H and O–H groups in total. The van der Waals surface area contributed by atoms with Gasteiger partial charge in [0.05, 0.1) is 0 Å². The number of anilines is 1. The summed E-state index contributed by atoms with van der Waals surface area (Å²) < 4.78 is 28.1. The van der Waals surface area contributed by atoms with Crippen LogP contribution in [0, 0.1) is 0 Å². The van der Waals surface area contributed by atoms with E-state index in [2.05, 4.69) is 23.6 Å². The van der Waals surface area contributed by atoms with Gasteiger partial charge in [-0.1, -0.05) is 6.08 Å². The first-order chi connectivity index (χ1) is 8.11. The summed E-state index contributed by atoms with van der Waals surface area (Å²) in [6, 6.07) is 6.81. The van der Waals surface area contributed by atoms with Gasteiger partial charge in [0.2, 0.25) is 0 Å². The molecule has 0 fully saturated rings. The molecule has 0 saturated heterocycles. The van der Waals surface area contributed by atoms with E-state index in [4.69, 9.17) is 0 Å². The van der Waals surface area contributed by atoms with Crippen molar-refractivity contribution in [3.8, 4) is 5.75 Å². The van der Waals surface area contributed by atoms with Crippen LogP contribution in [-0.4, -0.2) is 12.7 Å². The third kappa shape index (κ3) is 5.33. The highest BCUT2D eigenvalue weighted by atomic mass is 19.3. The van der Waals surface area contributed by atoms with Crippen LogP contribution in [0.15, 0.2) is 36.9 Å². The molecule has 1 rings (SSSR count). The van der Waals surface area contributed by atoms with Crippen LogP contribution in [0.25, 0.3) is 0 Å². The van der Waals surface area contributed by atoms with Gasteiger partial charge in [-0.15, -0.1) is 6.58 Å². The molecule has 0 aliphatic rings. The minimum atomic E-state index is -2.78. The van der Waals surface area contributed by atoms with Crippen LogP contribution in [0.2, 0.25) is 0 Å². The minimum Gasteiger partial charge on any atom is -0.435 e. The van der Waals surface area contributed by atoms with Gasteiger partial charge in [0.25, 0.3) is 0 Å². The van der Waals surface area contributed by atoms with Crippen molar-refractivity contribution in [3.63, 3.8) is 0 Å². The van der Waals surface area contributed by atoms with Gasteiger partial charge < -0.3 is 10.1 Å². The Kier molecular flexibility index (Phi) is 5.46. The molecule has 94 valence electrons. The van der Waals surface area contributed by atoms with Gasteiger partial charge in [-0.25, -0.2) is 0 Å². The second-order valence-corrected chi connectivity index (χ2v) is 3.81. The molecule has 0 amide bonds. The maximum absolute atomic E-state index is 11.9. The zero-order chi connectivity index (χ0) is 12.7. The van der Waals surface area contributed by atoms with Crippen LogP contribution in [0.3, 0.4) is 0 Å². The summed E-state index contributed by atoms with van der Waals surface area (Å²) in [7, 11) is 0. The molecule has 0 aliphatic heterocycles. The molecule has 0 bridgehead atoms. The lowest BCUT2D eigenvalue weighted by molar-refractivity contribution is -0.0498. The van der Waals surface area contributed by atoms with Gasteiger partial charge >= 0.3 is 6.61 Å². The molecule has 0 aromatic heterocycles. The van der Waals surface area contributed by atoms with E-state index in [1.54, 1.807) is 12.1 Å². The summed E-state index contributed by atoms with van der Waals surface area (Å²) in [4.78, 5) is 0. The Hall–Kier alpha value is -1.58. The molecule has 0 spiro atoms. The molecular formula is C13H17F2NO. The third-order valence-corrected chi connectivity index (χ3v) is 2.30. The summed E-state index contributed by atoms with van der Waals surface area (Å²) >= 11 is 0. The Bertz CT molecular complexity index is 338. The van der Waals surface area contributed by atoms with E-state index in [-0.39, 0.29) is 5.75 Å². The van der Waals surface area contributed by atoms with E-state index in [0.717, 1.165) is 18.5 Å². The number of nitrogens with one attached hydrogen (secondary N) is 1. The summed E-state index contributed by atoms with van der Waals surface area (Å²) in [5, 5.41) is 3.27. The highest BCUT2D eigenvalue weighted by molar-refractivity contribution is 5.46. The van der Waals surface area contributed by atoms with Gasteiger partial charge in [0.1, 0.15) is 5.75 Å². The fourth-order valence-electron chi connectivity index (χ4n) is 1.46. The topological polar surface area (TPSA) is 21.3 Å². The molecule has 0 aliphatic carbocycles. The van der Waals surface area contributed by atoms with Crippen LogP contribution < -0.4 is 10.1 Å². The van der Waals surface area contributed by atoms with E-state index in [1.165, 1.54) is 12.1 Å². The van der Waals surface area contributed by atoms with Crippen molar-refractivity contribution in [1.29, 1.82) is 0 Å². The Morgan fingerprint density at radius 2 is 2.00 bits per heavy atom. The lowest BCUT2D eigenvalue weighted by Gasteiger charge is -2.14. The molecule has 0 radical (unpaired) electrons. The van der Waals surface area contributed by atoms with Crippen molar-refractivity contribution in [3.05, 3.63) is 36.9 Å². The van der Waals surface area contributed by atoms with Gasteiger partial charge in [-0.05, 0) is 44.0 Å². The molecule has 0 saturated carbocycles. The second kappa shape index (κ2) is 6.89. The van der Waals surface area contributed by atoms with Crippen molar-refractivity contribution in [2.45, 2.75) is 32.4 Å². The number of hydrogen-bond donors (Lipinski definition) is 1. The largest absolute Gasteiger partial charge is 0.435 e. The Morgan fingerprint density at radius 1 is 1.35 bits per heavy atom. The van der Waals surface area contributed by atoms with E-state index < -0.39 is 6.61 Å². The number of ether oxygens (including phenoxy) is 1. The monoisotopic (exact) mass is 241 g/mol. The average Bonchev–Trinajstić information content (AvgIpc) is 2.28. The average molecular weight is 241 g/mol. The van der Waals surface area contributed by atoms with E-state index >= 15 is 0 Å².